The van der Waals surface area contributed by atoms with Crippen LogP contribution in [0.15, 0.2) is 30.3 Å². The van der Waals surface area contributed by atoms with E-state index in [9.17, 15) is 9.59 Å². The highest BCUT2D eigenvalue weighted by atomic mass is 16.2. The monoisotopic (exact) mass is 204 g/mol. The summed E-state index contributed by atoms with van der Waals surface area (Å²) < 4.78 is 0. The van der Waals surface area contributed by atoms with E-state index in [1.165, 1.54) is 4.90 Å². The van der Waals surface area contributed by atoms with Crippen molar-refractivity contribution < 1.29 is 9.59 Å². The summed E-state index contributed by atoms with van der Waals surface area (Å²) in [6.45, 7) is 2.03. The Morgan fingerprint density at radius 3 is 2.47 bits per heavy atom. The highest BCUT2D eigenvalue weighted by molar-refractivity contribution is 6.03. The van der Waals surface area contributed by atoms with Crippen LogP contribution in [0.3, 0.4) is 0 Å². The van der Waals surface area contributed by atoms with Gasteiger partial charge in [-0.05, 0) is 12.5 Å². The fourth-order valence-corrected chi connectivity index (χ4v) is 1.57. The minimum absolute atomic E-state index is 0.163. The van der Waals surface area contributed by atoms with Gasteiger partial charge in [0, 0.05) is 0 Å². The third-order valence-corrected chi connectivity index (χ3v) is 2.41. The van der Waals surface area contributed by atoms with E-state index in [4.69, 9.17) is 0 Å². The molecule has 3 amide bonds. The Morgan fingerprint density at radius 2 is 1.93 bits per heavy atom. The fourth-order valence-electron chi connectivity index (χ4n) is 1.57. The summed E-state index contributed by atoms with van der Waals surface area (Å²) in [6, 6.07) is 8.75. The molecule has 2 rings (SSSR count). The smallest absolute Gasteiger partial charge is 0.325 e. The van der Waals surface area contributed by atoms with Crippen molar-refractivity contribution in [3.05, 3.63) is 35.9 Å². The maximum atomic E-state index is 11.6. The standard InChI is InChI=1S/C11H12N2O2/c1-8-10(14)13(11(15)12-8)7-9-5-3-2-4-6-9/h2-6,8H,7H2,1H3,(H,12,15)/t8-/m0/s1. The van der Waals surface area contributed by atoms with Gasteiger partial charge in [0.05, 0.1) is 6.54 Å². The second-order valence-electron chi connectivity index (χ2n) is 3.58. The lowest BCUT2D eigenvalue weighted by atomic mass is 10.2. The Morgan fingerprint density at radius 1 is 1.27 bits per heavy atom. The van der Waals surface area contributed by atoms with Gasteiger partial charge < -0.3 is 5.32 Å². The zero-order chi connectivity index (χ0) is 10.8. The van der Waals surface area contributed by atoms with Crippen LogP contribution in [0, 0.1) is 0 Å². The zero-order valence-corrected chi connectivity index (χ0v) is 8.43. The van der Waals surface area contributed by atoms with Crippen molar-refractivity contribution in [3.8, 4) is 0 Å². The molecule has 1 heterocycles. The predicted molar refractivity (Wildman–Crippen MR) is 55.0 cm³/mol. The molecule has 0 saturated carbocycles. The number of benzene rings is 1. The van der Waals surface area contributed by atoms with Crippen molar-refractivity contribution in [1.82, 2.24) is 10.2 Å². The normalized spacial score (nSPS) is 20.6. The van der Waals surface area contributed by atoms with Crippen molar-refractivity contribution >= 4 is 11.9 Å². The van der Waals surface area contributed by atoms with E-state index < -0.39 is 6.04 Å². The molecule has 1 aliphatic heterocycles. The molecule has 1 fully saturated rings. The van der Waals surface area contributed by atoms with Gasteiger partial charge in [-0.2, -0.15) is 0 Å². The molecule has 0 unspecified atom stereocenters. The summed E-state index contributed by atoms with van der Waals surface area (Å²) >= 11 is 0. The summed E-state index contributed by atoms with van der Waals surface area (Å²) in [4.78, 5) is 24.2. The van der Waals surface area contributed by atoms with Crippen molar-refractivity contribution in [3.63, 3.8) is 0 Å². The van der Waals surface area contributed by atoms with Crippen LogP contribution in [0.5, 0.6) is 0 Å². The number of carbonyl (C=O) groups excluding carboxylic acids is 2. The van der Waals surface area contributed by atoms with Crippen LogP contribution in [0.25, 0.3) is 0 Å². The van der Waals surface area contributed by atoms with Crippen molar-refractivity contribution in [1.29, 1.82) is 0 Å². The van der Waals surface area contributed by atoms with Gasteiger partial charge in [-0.3, -0.25) is 9.69 Å². The molecule has 4 nitrogen and oxygen atoms in total. The molecule has 0 spiro atoms. The number of amides is 3. The van der Waals surface area contributed by atoms with Crippen molar-refractivity contribution in [2.75, 3.05) is 0 Å². The van der Waals surface area contributed by atoms with Crippen LogP contribution in [0.1, 0.15) is 12.5 Å². The average molecular weight is 204 g/mol. The number of nitrogens with zero attached hydrogens (tertiary/aromatic N) is 1. The van der Waals surface area contributed by atoms with Crippen LogP contribution in [-0.2, 0) is 11.3 Å². The van der Waals surface area contributed by atoms with Crippen molar-refractivity contribution in [2.24, 2.45) is 0 Å². The Labute approximate surface area is 87.9 Å². The minimum Gasteiger partial charge on any atom is -0.326 e. The molecule has 1 aromatic rings. The zero-order valence-electron chi connectivity index (χ0n) is 8.43. The van der Waals surface area contributed by atoms with Gasteiger partial charge in [-0.1, -0.05) is 30.3 Å². The molecular formula is C11H12N2O2. The molecule has 0 radical (unpaired) electrons. The Hall–Kier alpha value is -1.84. The molecule has 1 aliphatic rings. The molecule has 0 aromatic heterocycles. The molecule has 1 aromatic carbocycles. The van der Waals surface area contributed by atoms with Gasteiger partial charge in [0.25, 0.3) is 5.91 Å². The number of hydrogen-bond donors (Lipinski definition) is 1. The summed E-state index contributed by atoms with van der Waals surface area (Å²) in [6.07, 6.45) is 0. The maximum absolute atomic E-state index is 11.6. The van der Waals surface area contributed by atoms with Gasteiger partial charge in [0.1, 0.15) is 6.04 Å². The topological polar surface area (TPSA) is 49.4 Å². The van der Waals surface area contributed by atoms with Crippen LogP contribution < -0.4 is 5.32 Å². The number of imide groups is 1. The van der Waals surface area contributed by atoms with Crippen molar-refractivity contribution in [2.45, 2.75) is 19.5 Å². The van der Waals surface area contributed by atoms with E-state index in [0.29, 0.717) is 6.54 Å². The minimum atomic E-state index is -0.402. The molecular weight excluding hydrogens is 192 g/mol. The Balaban J connectivity index is 2.13. The lowest BCUT2D eigenvalue weighted by molar-refractivity contribution is -0.127. The molecule has 0 bridgehead atoms. The van der Waals surface area contributed by atoms with Gasteiger partial charge in [-0.15, -0.1) is 0 Å². The quantitative estimate of drug-likeness (QED) is 0.734. The molecule has 4 heteroatoms. The summed E-state index contributed by atoms with van der Waals surface area (Å²) in [5.41, 5.74) is 0.954. The molecule has 1 saturated heterocycles. The number of hydrogen-bond acceptors (Lipinski definition) is 2. The molecule has 1 N–H and O–H groups in total. The third-order valence-electron chi connectivity index (χ3n) is 2.41. The van der Waals surface area contributed by atoms with E-state index in [1.54, 1.807) is 6.92 Å². The first-order chi connectivity index (χ1) is 7.18. The number of urea groups is 1. The van der Waals surface area contributed by atoms with Crippen LogP contribution in [0.4, 0.5) is 4.79 Å². The number of carbonyl (C=O) groups is 2. The van der Waals surface area contributed by atoms with Gasteiger partial charge in [-0.25, -0.2) is 4.79 Å². The first-order valence-corrected chi connectivity index (χ1v) is 4.84. The summed E-state index contributed by atoms with van der Waals surface area (Å²) in [7, 11) is 0. The van der Waals surface area contributed by atoms with E-state index in [-0.39, 0.29) is 11.9 Å². The van der Waals surface area contributed by atoms with Crippen LogP contribution in [0.2, 0.25) is 0 Å². The lowest BCUT2D eigenvalue weighted by Crippen LogP contribution is -2.30. The number of rotatable bonds is 2. The maximum Gasteiger partial charge on any atom is 0.325 e. The molecule has 78 valence electrons. The lowest BCUT2D eigenvalue weighted by Gasteiger charge is -2.12. The SMILES string of the molecule is C[C@@H]1NC(=O)N(Cc2ccccc2)C1=O. The molecule has 15 heavy (non-hydrogen) atoms. The first-order valence-electron chi connectivity index (χ1n) is 4.84. The third kappa shape index (κ3) is 1.83. The van der Waals surface area contributed by atoms with Gasteiger partial charge in [0.15, 0.2) is 0 Å². The highest BCUT2D eigenvalue weighted by Crippen LogP contribution is 2.11. The summed E-state index contributed by atoms with van der Waals surface area (Å²) in [5.74, 6) is -0.163. The second-order valence-corrected chi connectivity index (χ2v) is 3.58. The summed E-state index contributed by atoms with van der Waals surface area (Å²) in [5, 5.41) is 2.57. The largest absolute Gasteiger partial charge is 0.326 e. The van der Waals surface area contributed by atoms with Gasteiger partial charge >= 0.3 is 6.03 Å². The van der Waals surface area contributed by atoms with Gasteiger partial charge in [0.2, 0.25) is 0 Å². The number of nitrogens with one attached hydrogen (secondary N) is 1. The van der Waals surface area contributed by atoms with E-state index in [0.717, 1.165) is 5.56 Å². The average Bonchev–Trinajstić information content (AvgIpc) is 2.47. The fraction of sp³-hybridized carbons (Fsp3) is 0.273. The molecule has 1 atom stereocenters. The molecule has 0 aliphatic carbocycles. The van der Waals surface area contributed by atoms with E-state index in [2.05, 4.69) is 5.32 Å². The highest BCUT2D eigenvalue weighted by Gasteiger charge is 2.34. The first kappa shape index (κ1) is 9.71. The predicted octanol–water partition coefficient (Wildman–Crippen LogP) is 1.13. The Bertz CT molecular complexity index is 389. The Kier molecular flexibility index (Phi) is 2.41. The van der Waals surface area contributed by atoms with E-state index >= 15 is 0 Å². The van der Waals surface area contributed by atoms with Crippen LogP contribution in [-0.4, -0.2) is 22.9 Å². The van der Waals surface area contributed by atoms with Crippen LogP contribution >= 0.6 is 0 Å². The van der Waals surface area contributed by atoms with E-state index in [1.807, 2.05) is 30.3 Å². The second kappa shape index (κ2) is 3.73.